The van der Waals surface area contributed by atoms with Crippen LogP contribution in [0.15, 0.2) is 29.2 Å². The molecule has 0 aromatic heterocycles. The summed E-state index contributed by atoms with van der Waals surface area (Å²) in [6.45, 7) is 10.8. The van der Waals surface area contributed by atoms with Gasteiger partial charge in [-0.25, -0.2) is 17.9 Å². The number of carboxylic acid groups (broad SMARTS) is 1. The molecule has 0 radical (unpaired) electrons. The fraction of sp³-hybridized carbons (Fsp3) is 0.611. The van der Waals surface area contributed by atoms with Crippen molar-refractivity contribution < 1.29 is 18.3 Å². The molecule has 1 saturated heterocycles. The second kappa shape index (κ2) is 7.43. The lowest BCUT2D eigenvalue weighted by Crippen LogP contribution is -2.56. The number of nitrogens with zero attached hydrogens (tertiary/aromatic N) is 1. The van der Waals surface area contributed by atoms with Crippen LogP contribution in [0.2, 0.25) is 0 Å². The molecule has 7 heteroatoms. The molecule has 6 nitrogen and oxygen atoms in total. The summed E-state index contributed by atoms with van der Waals surface area (Å²) >= 11 is 0. The highest BCUT2D eigenvalue weighted by Crippen LogP contribution is 2.27. The molecule has 1 heterocycles. The highest BCUT2D eigenvalue weighted by Gasteiger charge is 2.33. The number of sulfonamides is 1. The first kappa shape index (κ1) is 19.9. The van der Waals surface area contributed by atoms with Crippen molar-refractivity contribution in [3.05, 3.63) is 29.8 Å². The Balaban J connectivity index is 2.06. The van der Waals surface area contributed by atoms with Gasteiger partial charge >= 0.3 is 5.97 Å². The number of hydrogen-bond acceptors (Lipinski definition) is 4. The smallest absolute Gasteiger partial charge is 0.335 e. The molecule has 25 heavy (non-hydrogen) atoms. The van der Waals surface area contributed by atoms with E-state index in [2.05, 4.69) is 23.5 Å². The average molecular weight is 368 g/mol. The number of likely N-dealkylation sites (tertiary alicyclic amines) is 1. The second-order valence-corrected chi connectivity index (χ2v) is 9.58. The Hall–Kier alpha value is -1.44. The van der Waals surface area contributed by atoms with E-state index in [0.29, 0.717) is 18.4 Å². The summed E-state index contributed by atoms with van der Waals surface area (Å²) in [4.78, 5) is 13.3. The fourth-order valence-electron chi connectivity index (χ4n) is 3.40. The Morgan fingerprint density at radius 3 is 2.20 bits per heavy atom. The van der Waals surface area contributed by atoms with Crippen LogP contribution in [0, 0.1) is 11.8 Å². The number of hydrogen-bond donors (Lipinski definition) is 2. The highest BCUT2D eigenvalue weighted by molar-refractivity contribution is 7.89. The number of nitrogens with one attached hydrogen (secondary N) is 1. The highest BCUT2D eigenvalue weighted by atomic mass is 32.2. The van der Waals surface area contributed by atoms with E-state index in [4.69, 9.17) is 5.11 Å². The molecule has 1 aliphatic heterocycles. The Morgan fingerprint density at radius 1 is 1.20 bits per heavy atom. The molecule has 2 atom stereocenters. The summed E-state index contributed by atoms with van der Waals surface area (Å²) < 4.78 is 27.7. The van der Waals surface area contributed by atoms with Crippen LogP contribution in [0.4, 0.5) is 0 Å². The number of aromatic carboxylic acids is 1. The van der Waals surface area contributed by atoms with Gasteiger partial charge in [0, 0.05) is 25.2 Å². The van der Waals surface area contributed by atoms with E-state index in [1.54, 1.807) is 0 Å². The molecule has 140 valence electrons. The Labute approximate surface area is 150 Å². The van der Waals surface area contributed by atoms with Crippen LogP contribution in [-0.2, 0) is 10.0 Å². The summed E-state index contributed by atoms with van der Waals surface area (Å²) in [6.07, 6.45) is 1.20. The average Bonchev–Trinajstić information content (AvgIpc) is 2.52. The van der Waals surface area contributed by atoms with Crippen molar-refractivity contribution in [1.82, 2.24) is 9.62 Å². The van der Waals surface area contributed by atoms with Gasteiger partial charge in [-0.3, -0.25) is 4.90 Å². The normalized spacial score (nSPS) is 22.7. The van der Waals surface area contributed by atoms with Crippen molar-refractivity contribution in [1.29, 1.82) is 0 Å². The number of rotatable bonds is 6. The summed E-state index contributed by atoms with van der Waals surface area (Å²) in [5.74, 6) is 0.123. The molecule has 0 saturated carbocycles. The molecular weight excluding hydrogens is 340 g/mol. The molecule has 0 bridgehead atoms. The quantitative estimate of drug-likeness (QED) is 0.805. The molecule has 2 rings (SSSR count). The standard InChI is InChI=1S/C18H28N2O4S/c1-13-9-14(2)11-20(10-13)18(3,4)12-19-25(23,24)16-7-5-15(6-8-16)17(21)22/h5-8,13-14,19H,9-12H2,1-4H3,(H,21,22). The summed E-state index contributed by atoms with van der Waals surface area (Å²) in [6, 6.07) is 5.25. The monoisotopic (exact) mass is 368 g/mol. The van der Waals surface area contributed by atoms with Crippen molar-refractivity contribution in [2.45, 2.75) is 44.6 Å². The zero-order chi connectivity index (χ0) is 18.8. The molecule has 2 N–H and O–H groups in total. The van der Waals surface area contributed by atoms with Gasteiger partial charge in [0.05, 0.1) is 10.5 Å². The van der Waals surface area contributed by atoms with Crippen molar-refractivity contribution in [2.24, 2.45) is 11.8 Å². The minimum absolute atomic E-state index is 0.0653. The maximum Gasteiger partial charge on any atom is 0.335 e. The molecular formula is C18H28N2O4S. The summed E-state index contributed by atoms with van der Waals surface area (Å²) in [5.41, 5.74) is -0.229. The van der Waals surface area contributed by atoms with E-state index in [-0.39, 0.29) is 16.0 Å². The molecule has 0 aliphatic carbocycles. The number of piperidine rings is 1. The van der Waals surface area contributed by atoms with Crippen molar-refractivity contribution in [2.75, 3.05) is 19.6 Å². The third kappa shape index (κ3) is 5.03. The number of benzene rings is 1. The van der Waals surface area contributed by atoms with Gasteiger partial charge in [0.1, 0.15) is 0 Å². The van der Waals surface area contributed by atoms with Crippen LogP contribution in [0.25, 0.3) is 0 Å². The maximum absolute atomic E-state index is 12.5. The predicted octanol–water partition coefficient (Wildman–Crippen LogP) is 2.42. The van der Waals surface area contributed by atoms with Gasteiger partial charge in [0.2, 0.25) is 10.0 Å². The summed E-state index contributed by atoms with van der Waals surface area (Å²) in [5, 5.41) is 8.90. The largest absolute Gasteiger partial charge is 0.478 e. The van der Waals surface area contributed by atoms with Gasteiger partial charge in [-0.05, 0) is 56.4 Å². The minimum atomic E-state index is -3.67. The van der Waals surface area contributed by atoms with Gasteiger partial charge in [-0.2, -0.15) is 0 Å². The van der Waals surface area contributed by atoms with Crippen molar-refractivity contribution in [3.8, 4) is 0 Å². The van der Waals surface area contributed by atoms with Gasteiger partial charge in [-0.15, -0.1) is 0 Å². The first-order valence-corrected chi connectivity index (χ1v) is 10.1. The van der Waals surface area contributed by atoms with E-state index in [1.165, 1.54) is 30.7 Å². The fourth-order valence-corrected chi connectivity index (χ4v) is 4.60. The van der Waals surface area contributed by atoms with Gasteiger partial charge < -0.3 is 5.11 Å². The van der Waals surface area contributed by atoms with E-state index in [0.717, 1.165) is 13.1 Å². The Morgan fingerprint density at radius 2 is 1.72 bits per heavy atom. The number of carbonyl (C=O) groups is 1. The van der Waals surface area contributed by atoms with Crippen LogP contribution in [0.1, 0.15) is 44.5 Å². The lowest BCUT2D eigenvalue weighted by Gasteiger charge is -2.45. The van der Waals surface area contributed by atoms with Crippen LogP contribution >= 0.6 is 0 Å². The van der Waals surface area contributed by atoms with Crippen LogP contribution in [0.3, 0.4) is 0 Å². The second-order valence-electron chi connectivity index (χ2n) is 7.82. The van der Waals surface area contributed by atoms with Crippen molar-refractivity contribution in [3.63, 3.8) is 0 Å². The molecule has 1 aliphatic rings. The van der Waals surface area contributed by atoms with Gasteiger partial charge in [0.15, 0.2) is 0 Å². The van der Waals surface area contributed by atoms with Gasteiger partial charge in [-0.1, -0.05) is 13.8 Å². The zero-order valence-corrected chi connectivity index (χ0v) is 16.1. The lowest BCUT2D eigenvalue weighted by molar-refractivity contribution is 0.0489. The topological polar surface area (TPSA) is 86.7 Å². The van der Waals surface area contributed by atoms with Crippen LogP contribution < -0.4 is 4.72 Å². The number of carboxylic acids is 1. The third-order valence-electron chi connectivity index (χ3n) is 4.83. The minimum Gasteiger partial charge on any atom is -0.478 e. The lowest BCUT2D eigenvalue weighted by atomic mass is 9.88. The Bertz CT molecular complexity index is 703. The van der Waals surface area contributed by atoms with Crippen molar-refractivity contribution >= 4 is 16.0 Å². The van der Waals surface area contributed by atoms with E-state index in [9.17, 15) is 13.2 Å². The molecule has 1 aromatic rings. The molecule has 1 fully saturated rings. The SMILES string of the molecule is CC1CC(C)CN(C(C)(C)CNS(=O)(=O)c2ccc(C(=O)O)cc2)C1. The first-order chi connectivity index (χ1) is 11.5. The third-order valence-corrected chi connectivity index (χ3v) is 6.25. The van der Waals surface area contributed by atoms with E-state index >= 15 is 0 Å². The first-order valence-electron chi connectivity index (χ1n) is 8.59. The molecule has 0 amide bonds. The molecule has 1 aromatic carbocycles. The molecule has 2 unspecified atom stereocenters. The molecule has 0 spiro atoms. The van der Waals surface area contributed by atoms with Crippen LogP contribution in [-0.4, -0.2) is 49.6 Å². The van der Waals surface area contributed by atoms with E-state index in [1.807, 2.05) is 13.8 Å². The maximum atomic E-state index is 12.5. The Kier molecular flexibility index (Phi) is 5.91. The summed E-state index contributed by atoms with van der Waals surface area (Å²) in [7, 11) is -3.67. The van der Waals surface area contributed by atoms with Gasteiger partial charge in [0.25, 0.3) is 0 Å². The van der Waals surface area contributed by atoms with E-state index < -0.39 is 16.0 Å². The zero-order valence-electron chi connectivity index (χ0n) is 15.3. The van der Waals surface area contributed by atoms with Crippen LogP contribution in [0.5, 0.6) is 0 Å². The predicted molar refractivity (Wildman–Crippen MR) is 97.2 cm³/mol.